The summed E-state index contributed by atoms with van der Waals surface area (Å²) in [5.74, 6) is -1.14. The molecule has 0 aromatic carbocycles. The normalized spacial score (nSPS) is 24.5. The van der Waals surface area contributed by atoms with Crippen LogP contribution in [0.2, 0.25) is 0 Å². The number of aliphatic imine (C=N–C) groups is 1. The average molecular weight is 298 g/mol. The summed E-state index contributed by atoms with van der Waals surface area (Å²) in [6.45, 7) is -0.326. The van der Waals surface area contributed by atoms with Gasteiger partial charge in [0.15, 0.2) is 0 Å². The van der Waals surface area contributed by atoms with E-state index in [4.69, 9.17) is 5.73 Å². The average Bonchev–Trinajstić information content (AvgIpc) is 2.63. The predicted octanol–water partition coefficient (Wildman–Crippen LogP) is -1.49. The van der Waals surface area contributed by atoms with Crippen LogP contribution >= 0.6 is 0 Å². The number of fused-ring (bicyclic) bond motifs is 1. The Morgan fingerprint density at radius 2 is 2.20 bits per heavy atom. The first kappa shape index (κ1) is 14.4. The van der Waals surface area contributed by atoms with Gasteiger partial charge in [-0.15, -0.1) is 0 Å². The molecule has 1 heterocycles. The first-order valence-electron chi connectivity index (χ1n) is 5.67. The predicted molar refractivity (Wildman–Crippen MR) is 68.5 cm³/mol. The first-order valence-corrected chi connectivity index (χ1v) is 7.14. The number of hydrogen-bond acceptors (Lipinski definition) is 7. The Bertz CT molecular complexity index is 674. The van der Waals surface area contributed by atoms with E-state index >= 15 is 0 Å². The van der Waals surface area contributed by atoms with Gasteiger partial charge >= 0.3 is 0 Å². The molecule has 1 aliphatic carbocycles. The van der Waals surface area contributed by atoms with Gasteiger partial charge in [0, 0.05) is 25.2 Å². The fraction of sp³-hybridized carbons (Fsp3) is 0.364. The van der Waals surface area contributed by atoms with E-state index in [9.17, 15) is 22.6 Å². The molecular formula is C11H12N3O5S-. The number of likely N-dealkylation sites (N-methyl/N-ethyl adjacent to an activating group) is 1. The monoisotopic (exact) mass is 298 g/mol. The van der Waals surface area contributed by atoms with Crippen LogP contribution in [0.1, 0.15) is 6.42 Å². The zero-order valence-electron chi connectivity index (χ0n) is 10.6. The smallest absolute Gasteiger partial charge is 0.239 e. The lowest BCUT2D eigenvalue weighted by Crippen LogP contribution is -2.32. The molecule has 1 saturated heterocycles. The van der Waals surface area contributed by atoms with E-state index in [0.29, 0.717) is 11.3 Å². The summed E-state index contributed by atoms with van der Waals surface area (Å²) in [7, 11) is -3.07. The summed E-state index contributed by atoms with van der Waals surface area (Å²) < 4.78 is 33.4. The second kappa shape index (κ2) is 4.84. The highest BCUT2D eigenvalue weighted by atomic mass is 32.2. The molecule has 2 N–H and O–H groups in total. The van der Waals surface area contributed by atoms with Gasteiger partial charge in [-0.05, 0) is 11.6 Å². The Morgan fingerprint density at radius 1 is 1.55 bits per heavy atom. The summed E-state index contributed by atoms with van der Waals surface area (Å²) >= 11 is 0. The topological polar surface area (TPSA) is 133 Å². The van der Waals surface area contributed by atoms with Gasteiger partial charge < -0.3 is 15.2 Å². The van der Waals surface area contributed by atoms with Crippen molar-refractivity contribution >= 4 is 27.5 Å². The van der Waals surface area contributed by atoms with Crippen LogP contribution < -0.4 is 5.73 Å². The van der Waals surface area contributed by atoms with Crippen molar-refractivity contribution in [3.8, 4) is 0 Å². The molecule has 1 unspecified atom stereocenters. The Hall–Kier alpha value is -2.00. The van der Waals surface area contributed by atoms with Crippen LogP contribution in [0.5, 0.6) is 0 Å². The zero-order chi connectivity index (χ0) is 15.1. The van der Waals surface area contributed by atoms with Crippen LogP contribution in [0.15, 0.2) is 28.4 Å². The molecule has 9 heteroatoms. The van der Waals surface area contributed by atoms with Crippen LogP contribution in [0.25, 0.3) is 0 Å². The quantitative estimate of drug-likeness (QED) is 0.498. The van der Waals surface area contributed by atoms with Crippen molar-refractivity contribution in [2.45, 2.75) is 11.8 Å². The lowest BCUT2D eigenvalue weighted by Gasteiger charge is -2.24. The second-order valence-electron chi connectivity index (χ2n) is 4.49. The molecule has 108 valence electrons. The standard InChI is InChI=1S/C11H13N3O5S/c1-14-8-4-9(15)7(13-5-10(12)16)2-6(8)3-11(14)20(17,18)19/h2,4,11H,3,5H2,1H3,(H2,12,16)(H,17,18,19)/p-1. The number of amides is 1. The highest BCUT2D eigenvalue weighted by Gasteiger charge is 2.36. The van der Waals surface area contributed by atoms with Gasteiger partial charge in [0.2, 0.25) is 11.7 Å². The molecule has 1 amide bonds. The molecule has 0 bridgehead atoms. The van der Waals surface area contributed by atoms with Crippen molar-refractivity contribution < 1.29 is 22.6 Å². The van der Waals surface area contributed by atoms with Crippen LogP contribution in [-0.4, -0.2) is 54.2 Å². The minimum absolute atomic E-state index is 0.0168. The van der Waals surface area contributed by atoms with Crippen LogP contribution in [0.3, 0.4) is 0 Å². The fourth-order valence-electron chi connectivity index (χ4n) is 2.16. The number of hydrogen-bond donors (Lipinski definition) is 1. The van der Waals surface area contributed by atoms with E-state index in [2.05, 4.69) is 4.99 Å². The summed E-state index contributed by atoms with van der Waals surface area (Å²) in [6, 6.07) is 0. The van der Waals surface area contributed by atoms with Crippen molar-refractivity contribution in [1.29, 1.82) is 0 Å². The Labute approximate surface area is 115 Å². The third-order valence-electron chi connectivity index (χ3n) is 3.11. The molecule has 0 spiro atoms. The highest BCUT2D eigenvalue weighted by molar-refractivity contribution is 7.86. The summed E-state index contributed by atoms with van der Waals surface area (Å²) in [6.07, 6.45) is 2.58. The molecule has 1 atom stereocenters. The Kier molecular flexibility index (Phi) is 3.48. The maximum absolute atomic E-state index is 11.8. The first-order chi connectivity index (χ1) is 9.20. The molecule has 0 aromatic rings. The van der Waals surface area contributed by atoms with Crippen molar-refractivity contribution in [2.24, 2.45) is 10.7 Å². The number of likely N-dealkylation sites (tertiary alicyclic amines) is 1. The molecule has 20 heavy (non-hydrogen) atoms. The number of allylic oxidation sites excluding steroid dienone is 3. The SMILES string of the molecule is CN1C2=CC(=O)C(=NCC(N)=O)C=C2CC1S(=O)(=O)[O-]. The molecular weight excluding hydrogens is 286 g/mol. The molecule has 1 fully saturated rings. The van der Waals surface area contributed by atoms with E-state index in [-0.39, 0.29) is 18.7 Å². The van der Waals surface area contributed by atoms with Gasteiger partial charge in [-0.2, -0.15) is 0 Å². The summed E-state index contributed by atoms with van der Waals surface area (Å²) in [5.41, 5.74) is 5.88. The van der Waals surface area contributed by atoms with Crippen LogP contribution in [0, 0.1) is 0 Å². The minimum atomic E-state index is -4.50. The van der Waals surface area contributed by atoms with Gasteiger partial charge in [-0.25, -0.2) is 8.42 Å². The molecule has 1 aliphatic heterocycles. The lowest BCUT2D eigenvalue weighted by atomic mass is 10.0. The van der Waals surface area contributed by atoms with Crippen molar-refractivity contribution in [3.05, 3.63) is 23.4 Å². The number of carbonyl (C=O) groups excluding carboxylic acids is 2. The maximum atomic E-state index is 11.8. The van der Waals surface area contributed by atoms with Gasteiger partial charge in [0.05, 0.1) is 0 Å². The van der Waals surface area contributed by atoms with E-state index < -0.39 is 27.2 Å². The molecule has 0 radical (unpaired) electrons. The van der Waals surface area contributed by atoms with E-state index in [1.807, 2.05) is 0 Å². The van der Waals surface area contributed by atoms with Gasteiger partial charge in [-0.3, -0.25) is 14.6 Å². The Morgan fingerprint density at radius 3 is 2.75 bits per heavy atom. The maximum Gasteiger partial charge on any atom is 0.239 e. The van der Waals surface area contributed by atoms with Crippen molar-refractivity contribution in [3.63, 3.8) is 0 Å². The second-order valence-corrected chi connectivity index (χ2v) is 6.02. The zero-order valence-corrected chi connectivity index (χ0v) is 11.4. The number of nitrogens with zero attached hydrogens (tertiary/aromatic N) is 2. The third kappa shape index (κ3) is 2.63. The number of nitrogens with two attached hydrogens (primary N) is 1. The Balaban J connectivity index is 2.36. The molecule has 0 aromatic heterocycles. The van der Waals surface area contributed by atoms with Crippen molar-refractivity contribution in [2.75, 3.05) is 13.6 Å². The van der Waals surface area contributed by atoms with E-state index in [0.717, 1.165) is 0 Å². The van der Waals surface area contributed by atoms with Gasteiger partial charge in [0.1, 0.15) is 27.7 Å². The van der Waals surface area contributed by atoms with Gasteiger partial charge in [-0.1, -0.05) is 0 Å². The van der Waals surface area contributed by atoms with Crippen molar-refractivity contribution in [1.82, 2.24) is 4.90 Å². The molecule has 2 rings (SSSR count). The number of primary amides is 1. The molecule has 8 nitrogen and oxygen atoms in total. The van der Waals surface area contributed by atoms with Crippen LogP contribution in [-0.2, 0) is 19.7 Å². The summed E-state index contributed by atoms with van der Waals surface area (Å²) in [4.78, 5) is 27.5. The lowest BCUT2D eigenvalue weighted by molar-refractivity contribution is -0.116. The third-order valence-corrected chi connectivity index (χ3v) is 4.25. The number of carbonyl (C=O) groups is 2. The largest absolute Gasteiger partial charge is 0.746 e. The number of ketones is 1. The molecule has 0 saturated carbocycles. The van der Waals surface area contributed by atoms with Crippen LogP contribution in [0.4, 0.5) is 0 Å². The fourth-order valence-corrected chi connectivity index (χ4v) is 3.04. The van der Waals surface area contributed by atoms with E-state index in [1.54, 1.807) is 0 Å². The minimum Gasteiger partial charge on any atom is -0.746 e. The highest BCUT2D eigenvalue weighted by Crippen LogP contribution is 2.35. The van der Waals surface area contributed by atoms with Gasteiger partial charge in [0.25, 0.3) is 0 Å². The number of rotatable bonds is 3. The molecule has 2 aliphatic rings. The summed E-state index contributed by atoms with van der Waals surface area (Å²) in [5, 5.41) is -1.23. The van der Waals surface area contributed by atoms with E-state index in [1.165, 1.54) is 24.1 Å².